The van der Waals surface area contributed by atoms with Crippen LogP contribution in [0.15, 0.2) is 66.2 Å². The molecule has 4 unspecified atom stereocenters. The number of nitrogens with one attached hydrogen (secondary N) is 5. The Morgan fingerprint density at radius 1 is 0.982 bits per heavy atom. The van der Waals surface area contributed by atoms with Crippen LogP contribution >= 0.6 is 29.6 Å². The molecule has 0 saturated heterocycles. The third-order valence-corrected chi connectivity index (χ3v) is 10.9. The second-order valence-corrected chi connectivity index (χ2v) is 16.8. The summed E-state index contributed by atoms with van der Waals surface area (Å²) in [6.07, 6.45) is 2.34. The Labute approximate surface area is 337 Å². The number of aromatic amines is 1. The minimum atomic E-state index is -2.81. The van der Waals surface area contributed by atoms with Gasteiger partial charge < -0.3 is 41.0 Å². The van der Waals surface area contributed by atoms with E-state index in [1.165, 1.54) is 30.9 Å². The number of alkyl carbamates (subject to hydrolysis) is 1. The number of rotatable bonds is 21. The highest BCUT2D eigenvalue weighted by molar-refractivity contribution is 8.76. The molecule has 19 nitrogen and oxygen atoms in total. The molecule has 0 fully saturated rings. The maximum Gasteiger partial charge on any atom is 0.408 e. The molecule has 2 heterocycles. The number of ether oxygens (including phenoxy) is 1. The Kier molecular flexibility index (Phi) is 18.4. The van der Waals surface area contributed by atoms with Crippen LogP contribution in [0.2, 0.25) is 0 Å². The van der Waals surface area contributed by atoms with Gasteiger partial charge in [0.05, 0.1) is 11.3 Å². The number of carboxylic acids is 1. The lowest BCUT2D eigenvalue weighted by atomic mass is 10.0. The molecule has 1 aromatic carbocycles. The fourth-order valence-electron chi connectivity index (χ4n) is 4.77. The van der Waals surface area contributed by atoms with E-state index in [1.54, 1.807) is 65.0 Å². The number of carboxylic acid groups (broad SMARTS) is 1. The molecule has 0 aliphatic heterocycles. The van der Waals surface area contributed by atoms with Crippen LogP contribution in [0.1, 0.15) is 52.3 Å². The number of aliphatic carboxylic acids is 1. The summed E-state index contributed by atoms with van der Waals surface area (Å²) in [5.41, 5.74) is -0.0844. The minimum Gasteiger partial charge on any atom is -0.603 e. The monoisotopic (exact) mass is 848 g/mol. The van der Waals surface area contributed by atoms with Crippen molar-refractivity contribution < 1.29 is 48.2 Å². The molecule has 57 heavy (non-hydrogen) atoms. The quantitative estimate of drug-likeness (QED) is 0.0296. The average molecular weight is 849 g/mol. The molecule has 3 aromatic rings. The van der Waals surface area contributed by atoms with E-state index >= 15 is 0 Å². The number of amides is 4. The van der Waals surface area contributed by atoms with Crippen molar-refractivity contribution in [1.82, 2.24) is 36.2 Å². The van der Waals surface area contributed by atoms with Gasteiger partial charge in [-0.25, -0.2) is 19.6 Å². The third-order valence-electron chi connectivity index (χ3n) is 7.73. The normalized spacial score (nSPS) is 14.2. The number of pyridine rings is 1. The third kappa shape index (κ3) is 16.5. The van der Waals surface area contributed by atoms with Crippen LogP contribution in [-0.2, 0) is 41.3 Å². The largest absolute Gasteiger partial charge is 0.603 e. The van der Waals surface area contributed by atoms with Crippen LogP contribution in [0.3, 0.4) is 0 Å². The molecule has 3 rings (SSSR count). The first-order chi connectivity index (χ1) is 26.9. The molecule has 2 aromatic heterocycles. The minimum absolute atomic E-state index is 0.0535. The molecule has 0 spiro atoms. The van der Waals surface area contributed by atoms with Gasteiger partial charge in [-0.1, -0.05) is 55.0 Å². The fraction of sp³-hybridized carbons (Fsp3) is 0.429. The van der Waals surface area contributed by atoms with E-state index in [0.29, 0.717) is 23.5 Å². The molecule has 0 aliphatic rings. The predicted octanol–water partition coefficient (Wildman–Crippen LogP) is 2.87. The average Bonchev–Trinajstić information content (AvgIpc) is 3.66. The first-order valence-electron chi connectivity index (χ1n) is 17.5. The number of nitrogens with zero attached hydrogens (tertiary/aromatic N) is 3. The number of nitro groups is 1. The molecule has 0 saturated carbocycles. The fourth-order valence-corrected chi connectivity index (χ4v) is 7.71. The molecular weight excluding hydrogens is 804 g/mol. The van der Waals surface area contributed by atoms with Gasteiger partial charge in [-0.05, 0) is 49.6 Å². The van der Waals surface area contributed by atoms with Crippen molar-refractivity contribution in [2.75, 3.05) is 5.75 Å². The van der Waals surface area contributed by atoms with Crippen LogP contribution in [0.4, 0.5) is 10.5 Å². The summed E-state index contributed by atoms with van der Waals surface area (Å²) in [6.45, 7) is 8.38. The lowest BCUT2D eigenvalue weighted by Gasteiger charge is -2.27. The topological polar surface area (TPSA) is 280 Å². The lowest BCUT2D eigenvalue weighted by Crippen LogP contribution is -2.59. The summed E-state index contributed by atoms with van der Waals surface area (Å²) in [7, 11) is -0.900. The van der Waals surface area contributed by atoms with Crippen LogP contribution in [0.5, 0.6) is 0 Å². The van der Waals surface area contributed by atoms with Gasteiger partial charge in [0.15, 0.2) is 11.3 Å². The van der Waals surface area contributed by atoms with E-state index in [0.717, 1.165) is 21.6 Å². The zero-order valence-electron chi connectivity index (χ0n) is 31.7. The van der Waals surface area contributed by atoms with E-state index in [4.69, 9.17) is 14.4 Å². The number of carbonyl (C=O) groups excluding carboxylic acids is 4. The Hall–Kier alpha value is -5.08. The Morgan fingerprint density at radius 2 is 1.63 bits per heavy atom. The van der Waals surface area contributed by atoms with Crippen molar-refractivity contribution in [2.24, 2.45) is 5.92 Å². The molecule has 22 heteroatoms. The molecule has 0 aliphatic carbocycles. The van der Waals surface area contributed by atoms with Gasteiger partial charge in [-0.3, -0.25) is 24.5 Å². The standard InChI is InChI=1S/C35H45N8O11PS2/c1-6-21(2)32(54-55(52)18-28(44)45)42-30(47)25(16-23-17-36-20-38-23)40-29(46)24(15-22-11-8-7-9-12-22)39-31(48)26(41-34(49)53-35(3,4)5)19-56-57-33-27(43(50)51)13-10-14-37-33/h7-14,17-18,20-21,24-26,32H,6,15-16,19H2,1-5H3,(H,36,38)(H,39,48)(H,40,46)(H,41,49)(H,42,47)(H,44,45)/t21?,24-,25?,26-,32?/m0/s1. The van der Waals surface area contributed by atoms with E-state index < -0.39 is 78.6 Å². The Bertz CT molecular complexity index is 1870. The highest BCUT2D eigenvalue weighted by Gasteiger charge is 2.33. The van der Waals surface area contributed by atoms with Gasteiger partial charge in [0, 0.05) is 48.7 Å². The summed E-state index contributed by atoms with van der Waals surface area (Å²) >= 11 is 0. The van der Waals surface area contributed by atoms with Gasteiger partial charge in [-0.2, -0.15) is 4.52 Å². The highest BCUT2D eigenvalue weighted by Crippen LogP contribution is 2.35. The van der Waals surface area contributed by atoms with Crippen molar-refractivity contribution in [3.8, 4) is 0 Å². The van der Waals surface area contributed by atoms with Crippen LogP contribution < -0.4 is 26.2 Å². The van der Waals surface area contributed by atoms with E-state index in [1.807, 2.05) is 0 Å². The molecular formula is C35H45N8O11PS2. The number of aromatic nitrogens is 3. The summed E-state index contributed by atoms with van der Waals surface area (Å²) < 4.78 is 10.8. The number of hydrogen-bond donors (Lipinski definition) is 6. The first kappa shape index (κ1) is 46.3. The molecule has 0 radical (unpaired) electrons. The second-order valence-electron chi connectivity index (χ2n) is 13.4. The van der Waals surface area contributed by atoms with Gasteiger partial charge >= 0.3 is 17.7 Å². The zero-order valence-corrected chi connectivity index (χ0v) is 34.2. The molecule has 4 amide bonds. The van der Waals surface area contributed by atoms with Crippen molar-refractivity contribution in [3.05, 3.63) is 82.6 Å². The molecule has 0 bridgehead atoms. The Morgan fingerprint density at radius 3 is 2.23 bits per heavy atom. The first-order valence-corrected chi connectivity index (χ1v) is 21.0. The smallest absolute Gasteiger partial charge is 0.408 e. The zero-order chi connectivity index (χ0) is 42.1. The van der Waals surface area contributed by atoms with E-state index in [9.17, 15) is 39.0 Å². The lowest BCUT2D eigenvalue weighted by molar-refractivity contribution is -0.388. The second kappa shape index (κ2) is 22.6. The maximum absolute atomic E-state index is 14.2. The number of hydrogen-bond acceptors (Lipinski definition) is 14. The number of imidazole rings is 1. The summed E-state index contributed by atoms with van der Waals surface area (Å²) in [5, 5.41) is 31.1. The molecule has 308 valence electrons. The SMILES string of the molecule is CCC(C)C(NC(=O)C(Cc1cnc[nH]1)NC(=O)[C@H](Cc1ccccc1)NC(=O)[C@H](CSSc1ncccc1[N+](=O)[O-])NC(=O)OC(C)(C)C)O/[P+]([O-])=C/C(=O)O. The summed E-state index contributed by atoms with van der Waals surface area (Å²) in [4.78, 5) is 100. The van der Waals surface area contributed by atoms with Crippen LogP contribution in [-0.4, -0.2) is 96.3 Å². The van der Waals surface area contributed by atoms with Crippen LogP contribution in [0.25, 0.3) is 0 Å². The molecule has 6 N–H and O–H groups in total. The maximum atomic E-state index is 14.2. The molecule has 6 atom stereocenters. The van der Waals surface area contributed by atoms with Crippen LogP contribution in [0, 0.1) is 16.0 Å². The van der Waals surface area contributed by atoms with Gasteiger partial charge in [0.1, 0.15) is 23.7 Å². The number of benzene rings is 1. The van der Waals surface area contributed by atoms with Crippen molar-refractivity contribution in [2.45, 2.75) is 88.9 Å². The van der Waals surface area contributed by atoms with E-state index in [-0.39, 0.29) is 29.3 Å². The van der Waals surface area contributed by atoms with Gasteiger partial charge in [0.25, 0.3) is 0 Å². The number of carbonyl (C=O) groups is 5. The predicted molar refractivity (Wildman–Crippen MR) is 212 cm³/mol. The van der Waals surface area contributed by atoms with Gasteiger partial charge in [-0.15, -0.1) is 0 Å². The van der Waals surface area contributed by atoms with Gasteiger partial charge in [0.2, 0.25) is 31.5 Å². The number of H-pyrrole nitrogens is 1. The Balaban J connectivity index is 1.91. The van der Waals surface area contributed by atoms with Crippen molar-refractivity contribution in [3.63, 3.8) is 0 Å². The summed E-state index contributed by atoms with van der Waals surface area (Å²) in [6, 6.07) is 7.42. The summed E-state index contributed by atoms with van der Waals surface area (Å²) in [5.74, 6) is -3.96. The highest BCUT2D eigenvalue weighted by atomic mass is 33.1. The van der Waals surface area contributed by atoms with E-state index in [2.05, 4.69) is 36.2 Å². The van der Waals surface area contributed by atoms with Crippen molar-refractivity contribution in [1.29, 1.82) is 0 Å². The van der Waals surface area contributed by atoms with Crippen molar-refractivity contribution >= 4 is 70.9 Å².